The highest BCUT2D eigenvalue weighted by molar-refractivity contribution is 5.15. The quantitative estimate of drug-likeness (QED) is 0.375. The Bertz CT molecular complexity index is 967. The number of fused-ring (bicyclic) bond motifs is 7. The summed E-state index contributed by atoms with van der Waals surface area (Å²) < 4.78 is 25.4. The number of aliphatic hydroxyl groups is 4. The minimum atomic E-state index is -1.40. The molecule has 3 saturated heterocycles. The monoisotopic (exact) mass is 578 g/mol. The molecular formula is C33H54O8. The van der Waals surface area contributed by atoms with Crippen molar-refractivity contribution in [2.24, 2.45) is 52.3 Å². The molecule has 17 unspecified atom stereocenters. The van der Waals surface area contributed by atoms with Crippen LogP contribution in [-0.4, -0.2) is 82.3 Å². The number of aliphatic hydroxyl groups excluding tert-OH is 4. The van der Waals surface area contributed by atoms with Crippen molar-refractivity contribution in [1.82, 2.24) is 0 Å². The fourth-order valence-corrected chi connectivity index (χ4v) is 11.7. The highest BCUT2D eigenvalue weighted by Gasteiger charge is 2.69. The van der Waals surface area contributed by atoms with Gasteiger partial charge in [0, 0.05) is 12.3 Å². The summed E-state index contributed by atoms with van der Waals surface area (Å²) in [4.78, 5) is 0. The summed E-state index contributed by atoms with van der Waals surface area (Å²) in [5.74, 6) is 4.08. The van der Waals surface area contributed by atoms with Gasteiger partial charge in [0.05, 0.1) is 25.4 Å². The van der Waals surface area contributed by atoms with Crippen molar-refractivity contribution in [3.63, 3.8) is 0 Å². The van der Waals surface area contributed by atoms with Crippen LogP contribution in [0, 0.1) is 52.3 Å². The Kier molecular flexibility index (Phi) is 7.43. The molecule has 0 radical (unpaired) electrons. The Labute approximate surface area is 245 Å². The fourth-order valence-electron chi connectivity index (χ4n) is 11.7. The average Bonchev–Trinajstić information content (AvgIpc) is 3.40. The normalized spacial score (nSPS) is 60.3. The summed E-state index contributed by atoms with van der Waals surface area (Å²) in [6.45, 7) is 10.3. The van der Waals surface area contributed by atoms with Gasteiger partial charge in [0.2, 0.25) is 0 Å². The SMILES string of the molecule is CC1CCC2(OC1)OC1CC3C4CCC5CC(OC6OC(CO)C(O)C(O)C6O)CCC5(C)C4CCC3(C)C1C2C. The maximum Gasteiger partial charge on any atom is 0.186 e. The third-order valence-corrected chi connectivity index (χ3v) is 14.1. The smallest absolute Gasteiger partial charge is 0.186 e. The predicted molar refractivity (Wildman–Crippen MR) is 150 cm³/mol. The highest BCUT2D eigenvalue weighted by atomic mass is 16.7. The van der Waals surface area contributed by atoms with E-state index in [1.165, 1.54) is 38.5 Å². The molecule has 8 heteroatoms. The van der Waals surface area contributed by atoms with E-state index in [0.29, 0.717) is 35.2 Å². The topological polar surface area (TPSA) is 118 Å². The molecule has 234 valence electrons. The zero-order valence-electron chi connectivity index (χ0n) is 25.5. The third-order valence-electron chi connectivity index (χ3n) is 14.1. The van der Waals surface area contributed by atoms with E-state index in [0.717, 1.165) is 50.0 Å². The minimum Gasteiger partial charge on any atom is -0.394 e. The van der Waals surface area contributed by atoms with Crippen LogP contribution in [0.2, 0.25) is 0 Å². The van der Waals surface area contributed by atoms with Gasteiger partial charge in [0.1, 0.15) is 24.4 Å². The van der Waals surface area contributed by atoms with Crippen molar-refractivity contribution >= 4 is 0 Å². The Morgan fingerprint density at radius 1 is 0.829 bits per heavy atom. The molecule has 0 aromatic heterocycles. The second-order valence-electron chi connectivity index (χ2n) is 15.9. The minimum absolute atomic E-state index is 0.0607. The van der Waals surface area contributed by atoms with E-state index in [9.17, 15) is 20.4 Å². The molecule has 4 saturated carbocycles. The van der Waals surface area contributed by atoms with E-state index in [1.807, 2.05) is 0 Å². The van der Waals surface area contributed by atoms with Gasteiger partial charge in [-0.1, -0.05) is 27.7 Å². The van der Waals surface area contributed by atoms with Crippen molar-refractivity contribution in [2.75, 3.05) is 13.2 Å². The molecule has 17 atom stereocenters. The van der Waals surface area contributed by atoms with Gasteiger partial charge in [-0.25, -0.2) is 0 Å². The molecule has 7 fully saturated rings. The molecular weight excluding hydrogens is 524 g/mol. The maximum atomic E-state index is 10.5. The molecule has 0 aromatic carbocycles. The summed E-state index contributed by atoms with van der Waals surface area (Å²) >= 11 is 0. The molecule has 7 rings (SSSR count). The van der Waals surface area contributed by atoms with Gasteiger partial charge in [-0.3, -0.25) is 0 Å². The van der Waals surface area contributed by atoms with Gasteiger partial charge in [0.25, 0.3) is 0 Å². The molecule has 8 nitrogen and oxygen atoms in total. The van der Waals surface area contributed by atoms with Gasteiger partial charge in [-0.15, -0.1) is 0 Å². The van der Waals surface area contributed by atoms with Crippen LogP contribution in [0.4, 0.5) is 0 Å². The molecule has 4 N–H and O–H groups in total. The standard InChI is InChI=1S/C33H54O8/c1-17-7-12-33(38-16-17)18(2)26-24(41-33)14-23-21-6-5-19-13-20(8-10-31(19,3)22(21)9-11-32(23,26)4)39-30-29(37)28(36)27(35)25(15-34)40-30/h17-30,34-37H,5-16H2,1-4H3. The Balaban J connectivity index is 1.03. The van der Waals surface area contributed by atoms with Crippen molar-refractivity contribution in [2.45, 2.75) is 141 Å². The van der Waals surface area contributed by atoms with Crippen molar-refractivity contribution in [1.29, 1.82) is 0 Å². The first kappa shape index (κ1) is 29.4. The van der Waals surface area contributed by atoms with E-state index in [2.05, 4.69) is 27.7 Å². The first-order valence-corrected chi connectivity index (χ1v) is 16.8. The molecule has 3 heterocycles. The molecule has 0 bridgehead atoms. The van der Waals surface area contributed by atoms with E-state index in [-0.39, 0.29) is 17.3 Å². The first-order valence-electron chi connectivity index (χ1n) is 16.8. The van der Waals surface area contributed by atoms with Crippen LogP contribution in [-0.2, 0) is 18.9 Å². The van der Waals surface area contributed by atoms with E-state index >= 15 is 0 Å². The Morgan fingerprint density at radius 3 is 2.34 bits per heavy atom. The molecule has 0 amide bonds. The molecule has 3 aliphatic heterocycles. The van der Waals surface area contributed by atoms with Crippen LogP contribution in [0.5, 0.6) is 0 Å². The summed E-state index contributed by atoms with van der Waals surface area (Å²) in [7, 11) is 0. The van der Waals surface area contributed by atoms with Crippen LogP contribution in [0.15, 0.2) is 0 Å². The van der Waals surface area contributed by atoms with Crippen LogP contribution < -0.4 is 0 Å². The zero-order chi connectivity index (χ0) is 28.9. The average molecular weight is 579 g/mol. The summed E-state index contributed by atoms with van der Waals surface area (Å²) in [5, 5.41) is 40.4. The van der Waals surface area contributed by atoms with Crippen LogP contribution in [0.3, 0.4) is 0 Å². The predicted octanol–water partition coefficient (Wildman–Crippen LogP) is 3.62. The van der Waals surface area contributed by atoms with E-state index < -0.39 is 37.3 Å². The number of hydrogen-bond acceptors (Lipinski definition) is 8. The second-order valence-corrected chi connectivity index (χ2v) is 15.9. The second kappa shape index (κ2) is 10.4. The Hall–Kier alpha value is -0.320. The molecule has 41 heavy (non-hydrogen) atoms. The van der Waals surface area contributed by atoms with Crippen molar-refractivity contribution in [3.05, 3.63) is 0 Å². The summed E-state index contributed by atoms with van der Waals surface area (Å²) in [6, 6.07) is 0. The van der Waals surface area contributed by atoms with Gasteiger partial charge in [-0.05, 0) is 104 Å². The van der Waals surface area contributed by atoms with Gasteiger partial charge >= 0.3 is 0 Å². The maximum absolute atomic E-state index is 10.5. The first-order chi connectivity index (χ1) is 19.5. The third kappa shape index (κ3) is 4.36. The lowest BCUT2D eigenvalue weighted by Crippen LogP contribution is -2.60. The molecule has 4 aliphatic carbocycles. The lowest BCUT2D eigenvalue weighted by Gasteiger charge is -2.61. The zero-order valence-corrected chi connectivity index (χ0v) is 25.5. The summed E-state index contributed by atoms with van der Waals surface area (Å²) in [5.41, 5.74) is 0.612. The van der Waals surface area contributed by atoms with Crippen molar-refractivity contribution < 1.29 is 39.4 Å². The van der Waals surface area contributed by atoms with Gasteiger partial charge in [-0.2, -0.15) is 0 Å². The van der Waals surface area contributed by atoms with Crippen molar-refractivity contribution in [3.8, 4) is 0 Å². The van der Waals surface area contributed by atoms with E-state index in [4.69, 9.17) is 18.9 Å². The Morgan fingerprint density at radius 2 is 1.61 bits per heavy atom. The van der Waals surface area contributed by atoms with Crippen LogP contribution in [0.1, 0.15) is 91.9 Å². The van der Waals surface area contributed by atoms with Gasteiger partial charge < -0.3 is 39.4 Å². The lowest BCUT2D eigenvalue weighted by atomic mass is 9.44. The summed E-state index contributed by atoms with van der Waals surface area (Å²) in [6.07, 6.45) is 5.64. The number of ether oxygens (including phenoxy) is 4. The van der Waals surface area contributed by atoms with Gasteiger partial charge in [0.15, 0.2) is 12.1 Å². The van der Waals surface area contributed by atoms with E-state index in [1.54, 1.807) is 0 Å². The van der Waals surface area contributed by atoms with Crippen LogP contribution >= 0.6 is 0 Å². The largest absolute Gasteiger partial charge is 0.394 e. The highest BCUT2D eigenvalue weighted by Crippen LogP contribution is 2.71. The molecule has 1 spiro atoms. The molecule has 7 aliphatic rings. The lowest BCUT2D eigenvalue weighted by molar-refractivity contribution is -0.316. The number of rotatable bonds is 3. The van der Waals surface area contributed by atoms with Crippen LogP contribution in [0.25, 0.3) is 0 Å². The number of hydrogen-bond donors (Lipinski definition) is 4. The molecule has 0 aromatic rings. The fraction of sp³-hybridized carbons (Fsp3) is 1.00.